The summed E-state index contributed by atoms with van der Waals surface area (Å²) in [6.07, 6.45) is 2.48. The average molecular weight is 389 g/mol. The van der Waals surface area contributed by atoms with Crippen LogP contribution < -0.4 is 20.1 Å². The number of hydrogen-bond donors (Lipinski definition) is 2. The predicted octanol–water partition coefficient (Wildman–Crippen LogP) is 2.70. The molecule has 1 aliphatic heterocycles. The summed E-state index contributed by atoms with van der Waals surface area (Å²) in [5.41, 5.74) is 0.680. The number of carbonyl (C=O) groups excluding carboxylic acids is 2. The highest BCUT2D eigenvalue weighted by Crippen LogP contribution is 2.32. The third kappa shape index (κ3) is 5.20. The van der Waals surface area contributed by atoms with Gasteiger partial charge in [0.1, 0.15) is 0 Å². The molecule has 9 heteroatoms. The van der Waals surface area contributed by atoms with Crippen molar-refractivity contribution in [3.63, 3.8) is 0 Å². The Balaban J connectivity index is 1.50. The zero-order valence-electron chi connectivity index (χ0n) is 14.5. The average Bonchev–Trinajstić information content (AvgIpc) is 3.02. The Labute approximate surface area is 160 Å². The van der Waals surface area contributed by atoms with Crippen molar-refractivity contribution in [1.82, 2.24) is 4.98 Å². The first-order valence-electron chi connectivity index (χ1n) is 8.32. The number of thiazole rings is 1. The summed E-state index contributed by atoms with van der Waals surface area (Å²) in [6.45, 7) is 4.87. The van der Waals surface area contributed by atoms with Crippen LogP contribution in [0, 0.1) is 0 Å². The van der Waals surface area contributed by atoms with E-state index in [-0.39, 0.29) is 5.69 Å². The number of amides is 1. The van der Waals surface area contributed by atoms with Gasteiger partial charge in [0, 0.05) is 30.1 Å². The highest BCUT2D eigenvalue weighted by atomic mass is 32.1. The molecule has 0 radical (unpaired) electrons. The largest absolute Gasteiger partial charge is 0.490 e. The summed E-state index contributed by atoms with van der Waals surface area (Å²) in [4.78, 5) is 28.1. The molecule has 1 aliphatic rings. The number of hydrogen-bond acceptors (Lipinski definition) is 8. The number of rotatable bonds is 7. The second kappa shape index (κ2) is 9.04. The molecular weight excluding hydrogens is 370 g/mol. The SMILES string of the molecule is C=CCNc1nc(C(=O)OCC(=O)Nc2ccc3c(c2)OCCCO3)cs1. The maximum absolute atomic E-state index is 12.0. The summed E-state index contributed by atoms with van der Waals surface area (Å²) in [5.74, 6) is 0.0930. The number of nitrogens with one attached hydrogen (secondary N) is 2. The third-order valence-electron chi connectivity index (χ3n) is 3.48. The molecule has 142 valence electrons. The molecule has 0 aliphatic carbocycles. The summed E-state index contributed by atoms with van der Waals surface area (Å²) >= 11 is 1.27. The Hall–Kier alpha value is -3.07. The number of esters is 1. The van der Waals surface area contributed by atoms with E-state index in [2.05, 4.69) is 22.2 Å². The summed E-state index contributed by atoms with van der Waals surface area (Å²) in [6, 6.07) is 5.11. The Bertz CT molecular complexity index is 836. The van der Waals surface area contributed by atoms with Crippen LogP contribution in [0.25, 0.3) is 0 Å². The van der Waals surface area contributed by atoms with Gasteiger partial charge in [0.2, 0.25) is 0 Å². The van der Waals surface area contributed by atoms with E-state index in [9.17, 15) is 9.59 Å². The van der Waals surface area contributed by atoms with E-state index in [4.69, 9.17) is 14.2 Å². The zero-order valence-corrected chi connectivity index (χ0v) is 15.3. The molecule has 27 heavy (non-hydrogen) atoms. The molecule has 2 aromatic rings. The molecule has 0 spiro atoms. The standard InChI is InChI=1S/C18H19N3O5S/c1-2-6-19-18-21-13(11-27-18)17(23)26-10-16(22)20-12-4-5-14-15(9-12)25-8-3-7-24-14/h2,4-5,9,11H,1,3,6-8,10H2,(H,19,21)(H,20,22). The van der Waals surface area contributed by atoms with Crippen molar-refractivity contribution < 1.29 is 23.8 Å². The lowest BCUT2D eigenvalue weighted by Crippen LogP contribution is -2.21. The van der Waals surface area contributed by atoms with Gasteiger partial charge in [-0.1, -0.05) is 6.08 Å². The van der Waals surface area contributed by atoms with Crippen LogP contribution in [0.4, 0.5) is 10.8 Å². The zero-order chi connectivity index (χ0) is 19.1. The van der Waals surface area contributed by atoms with Gasteiger partial charge < -0.3 is 24.8 Å². The molecule has 2 heterocycles. The van der Waals surface area contributed by atoms with Crippen molar-refractivity contribution in [1.29, 1.82) is 0 Å². The van der Waals surface area contributed by atoms with Crippen molar-refractivity contribution >= 4 is 34.0 Å². The molecular formula is C18H19N3O5S. The lowest BCUT2D eigenvalue weighted by atomic mass is 10.2. The van der Waals surface area contributed by atoms with Crippen LogP contribution in [0.3, 0.4) is 0 Å². The van der Waals surface area contributed by atoms with Gasteiger partial charge in [-0.2, -0.15) is 0 Å². The Morgan fingerprint density at radius 2 is 2.11 bits per heavy atom. The van der Waals surface area contributed by atoms with Crippen LogP contribution in [0.15, 0.2) is 36.2 Å². The van der Waals surface area contributed by atoms with Crippen molar-refractivity contribution in [2.24, 2.45) is 0 Å². The molecule has 2 N–H and O–H groups in total. The minimum Gasteiger partial charge on any atom is -0.490 e. The van der Waals surface area contributed by atoms with Gasteiger partial charge >= 0.3 is 5.97 Å². The van der Waals surface area contributed by atoms with Crippen LogP contribution in [-0.2, 0) is 9.53 Å². The third-order valence-corrected chi connectivity index (χ3v) is 4.28. The van der Waals surface area contributed by atoms with Crippen LogP contribution in [0.2, 0.25) is 0 Å². The fourth-order valence-corrected chi connectivity index (χ4v) is 2.94. The monoisotopic (exact) mass is 389 g/mol. The topological polar surface area (TPSA) is 98.8 Å². The highest BCUT2D eigenvalue weighted by Gasteiger charge is 2.15. The van der Waals surface area contributed by atoms with Crippen molar-refractivity contribution in [3.8, 4) is 11.5 Å². The van der Waals surface area contributed by atoms with Crippen molar-refractivity contribution in [3.05, 3.63) is 41.9 Å². The van der Waals surface area contributed by atoms with Gasteiger partial charge in [0.25, 0.3) is 5.91 Å². The summed E-state index contributed by atoms with van der Waals surface area (Å²) in [5, 5.41) is 7.78. The van der Waals surface area contributed by atoms with Gasteiger partial charge in [-0.15, -0.1) is 17.9 Å². The fraction of sp³-hybridized carbons (Fsp3) is 0.278. The van der Waals surface area contributed by atoms with Gasteiger partial charge in [-0.3, -0.25) is 4.79 Å². The Morgan fingerprint density at radius 3 is 2.93 bits per heavy atom. The molecule has 1 aromatic heterocycles. The van der Waals surface area contributed by atoms with Crippen LogP contribution in [0.5, 0.6) is 11.5 Å². The van der Waals surface area contributed by atoms with Crippen LogP contribution in [-0.4, -0.2) is 43.2 Å². The predicted molar refractivity (Wildman–Crippen MR) is 102 cm³/mol. The van der Waals surface area contributed by atoms with E-state index in [1.165, 1.54) is 11.3 Å². The van der Waals surface area contributed by atoms with Crippen molar-refractivity contribution in [2.75, 3.05) is 37.0 Å². The minimum absolute atomic E-state index is 0.148. The number of nitrogens with zero attached hydrogens (tertiary/aromatic N) is 1. The first-order valence-corrected chi connectivity index (χ1v) is 9.20. The van der Waals surface area contributed by atoms with E-state index < -0.39 is 18.5 Å². The van der Waals surface area contributed by atoms with Gasteiger partial charge in [0.05, 0.1) is 13.2 Å². The van der Waals surface area contributed by atoms with E-state index in [0.717, 1.165) is 6.42 Å². The van der Waals surface area contributed by atoms with E-state index in [0.29, 0.717) is 42.1 Å². The van der Waals surface area contributed by atoms with E-state index in [1.54, 1.807) is 29.7 Å². The molecule has 1 aromatic carbocycles. The van der Waals surface area contributed by atoms with Crippen LogP contribution >= 0.6 is 11.3 Å². The number of anilines is 2. The maximum atomic E-state index is 12.0. The number of benzene rings is 1. The van der Waals surface area contributed by atoms with Gasteiger partial charge in [-0.25, -0.2) is 9.78 Å². The lowest BCUT2D eigenvalue weighted by molar-refractivity contribution is -0.119. The second-order valence-electron chi connectivity index (χ2n) is 5.54. The number of carbonyl (C=O) groups is 2. The van der Waals surface area contributed by atoms with Crippen LogP contribution in [0.1, 0.15) is 16.9 Å². The summed E-state index contributed by atoms with van der Waals surface area (Å²) in [7, 11) is 0. The van der Waals surface area contributed by atoms with Gasteiger partial charge in [0.15, 0.2) is 28.9 Å². The number of fused-ring (bicyclic) bond motifs is 1. The molecule has 3 rings (SSSR count). The molecule has 8 nitrogen and oxygen atoms in total. The maximum Gasteiger partial charge on any atom is 0.358 e. The lowest BCUT2D eigenvalue weighted by Gasteiger charge is -2.10. The molecule has 0 saturated heterocycles. The van der Waals surface area contributed by atoms with E-state index >= 15 is 0 Å². The second-order valence-corrected chi connectivity index (χ2v) is 6.40. The van der Waals surface area contributed by atoms with Crippen molar-refractivity contribution in [2.45, 2.75) is 6.42 Å². The molecule has 1 amide bonds. The normalized spacial score (nSPS) is 12.6. The summed E-state index contributed by atoms with van der Waals surface area (Å²) < 4.78 is 16.1. The smallest absolute Gasteiger partial charge is 0.358 e. The first kappa shape index (κ1) is 18.7. The minimum atomic E-state index is -0.660. The Kier molecular flexibility index (Phi) is 6.26. The highest BCUT2D eigenvalue weighted by molar-refractivity contribution is 7.13. The number of ether oxygens (including phenoxy) is 3. The van der Waals surface area contributed by atoms with E-state index in [1.807, 2.05) is 0 Å². The molecule has 0 unspecified atom stereocenters. The Morgan fingerprint density at radius 1 is 1.30 bits per heavy atom. The van der Waals surface area contributed by atoms with Gasteiger partial charge in [-0.05, 0) is 12.1 Å². The number of aromatic nitrogens is 1. The first-order chi connectivity index (χ1) is 13.2. The quantitative estimate of drug-likeness (QED) is 0.555. The molecule has 0 atom stereocenters. The molecule has 0 saturated carbocycles. The molecule has 0 fully saturated rings. The molecule has 0 bridgehead atoms. The fourth-order valence-electron chi connectivity index (χ4n) is 2.25.